The van der Waals surface area contributed by atoms with Crippen LogP contribution in [0, 0.1) is 5.82 Å². The van der Waals surface area contributed by atoms with Crippen LogP contribution in [0.5, 0.6) is 5.75 Å². The van der Waals surface area contributed by atoms with E-state index >= 15 is 0 Å². The van der Waals surface area contributed by atoms with Gasteiger partial charge in [-0.3, -0.25) is 4.79 Å². The molecule has 1 amide bonds. The Morgan fingerprint density at radius 3 is 2.35 bits per heavy atom. The number of carbonyl (C=O) groups is 1. The minimum absolute atomic E-state index is 0.0533. The predicted octanol–water partition coefficient (Wildman–Crippen LogP) is 4.01. The Labute approximate surface area is 135 Å². The van der Waals surface area contributed by atoms with Crippen molar-refractivity contribution in [3.05, 3.63) is 53.8 Å². The number of halogens is 1. The number of amides is 1. The van der Waals surface area contributed by atoms with E-state index in [0.29, 0.717) is 11.6 Å². The zero-order valence-electron chi connectivity index (χ0n) is 13.5. The van der Waals surface area contributed by atoms with Crippen LogP contribution >= 0.6 is 0 Å². The Morgan fingerprint density at radius 2 is 1.78 bits per heavy atom. The third-order valence-corrected chi connectivity index (χ3v) is 3.47. The van der Waals surface area contributed by atoms with Crippen LogP contribution < -0.4 is 15.4 Å². The van der Waals surface area contributed by atoms with E-state index in [1.165, 1.54) is 24.8 Å². The molecule has 0 bridgehead atoms. The van der Waals surface area contributed by atoms with Crippen LogP contribution in [0.25, 0.3) is 0 Å². The summed E-state index contributed by atoms with van der Waals surface area (Å²) >= 11 is 0. The van der Waals surface area contributed by atoms with Gasteiger partial charge in [0.25, 0.3) is 0 Å². The molecule has 2 N–H and O–H groups in total. The molecule has 0 heterocycles. The van der Waals surface area contributed by atoms with Crippen molar-refractivity contribution in [1.82, 2.24) is 0 Å². The zero-order valence-corrected chi connectivity index (χ0v) is 13.5. The maximum atomic E-state index is 13.6. The van der Waals surface area contributed by atoms with E-state index in [2.05, 4.69) is 24.5 Å². The average Bonchev–Trinajstić information content (AvgIpc) is 2.53. The minimum Gasteiger partial charge on any atom is -0.494 e. The number of nitrogens with one attached hydrogen (secondary N) is 2. The second-order valence-corrected chi connectivity index (χ2v) is 5.53. The number of methoxy groups -OCH3 is 1. The number of hydrogen-bond acceptors (Lipinski definition) is 3. The highest BCUT2D eigenvalue weighted by atomic mass is 19.1. The quantitative estimate of drug-likeness (QED) is 0.846. The van der Waals surface area contributed by atoms with Crippen molar-refractivity contribution < 1.29 is 13.9 Å². The molecule has 0 spiro atoms. The molecule has 0 atom stereocenters. The molecule has 0 radical (unpaired) electrons. The van der Waals surface area contributed by atoms with Crippen molar-refractivity contribution >= 4 is 17.3 Å². The number of ether oxygens (including phenoxy) is 1. The second-order valence-electron chi connectivity index (χ2n) is 5.53. The molecule has 0 aromatic heterocycles. The van der Waals surface area contributed by atoms with Crippen molar-refractivity contribution in [3.63, 3.8) is 0 Å². The molecular formula is C18H21FN2O2. The van der Waals surface area contributed by atoms with Crippen LogP contribution in [0.4, 0.5) is 15.8 Å². The maximum Gasteiger partial charge on any atom is 0.243 e. The fourth-order valence-electron chi connectivity index (χ4n) is 2.12. The lowest BCUT2D eigenvalue weighted by Crippen LogP contribution is -2.21. The van der Waals surface area contributed by atoms with Gasteiger partial charge in [-0.2, -0.15) is 0 Å². The number of anilines is 2. The van der Waals surface area contributed by atoms with Gasteiger partial charge in [-0.25, -0.2) is 4.39 Å². The van der Waals surface area contributed by atoms with E-state index in [1.807, 2.05) is 24.3 Å². The molecule has 0 fully saturated rings. The summed E-state index contributed by atoms with van der Waals surface area (Å²) in [5, 5.41) is 5.67. The summed E-state index contributed by atoms with van der Waals surface area (Å²) in [6.07, 6.45) is 0. The van der Waals surface area contributed by atoms with Crippen molar-refractivity contribution in [2.75, 3.05) is 24.3 Å². The normalized spacial score (nSPS) is 10.5. The molecule has 2 rings (SSSR count). The predicted molar refractivity (Wildman–Crippen MR) is 90.6 cm³/mol. The van der Waals surface area contributed by atoms with Crippen molar-refractivity contribution in [2.45, 2.75) is 19.8 Å². The summed E-state index contributed by atoms with van der Waals surface area (Å²) in [4.78, 5) is 11.9. The third-order valence-electron chi connectivity index (χ3n) is 3.47. The lowest BCUT2D eigenvalue weighted by atomic mass is 10.0. The lowest BCUT2D eigenvalue weighted by Gasteiger charge is -2.10. The third kappa shape index (κ3) is 4.71. The first-order chi connectivity index (χ1) is 11.0. The minimum atomic E-state index is -0.470. The maximum absolute atomic E-state index is 13.6. The first kappa shape index (κ1) is 16.8. The van der Waals surface area contributed by atoms with Gasteiger partial charge in [-0.1, -0.05) is 26.0 Å². The van der Waals surface area contributed by atoms with Crippen LogP contribution in [-0.4, -0.2) is 19.6 Å². The highest BCUT2D eigenvalue weighted by molar-refractivity contribution is 5.93. The van der Waals surface area contributed by atoms with Gasteiger partial charge in [-0.15, -0.1) is 0 Å². The molecule has 0 aliphatic heterocycles. The van der Waals surface area contributed by atoms with Crippen LogP contribution in [0.15, 0.2) is 42.5 Å². The van der Waals surface area contributed by atoms with Gasteiger partial charge in [0.15, 0.2) is 11.6 Å². The van der Waals surface area contributed by atoms with E-state index in [1.54, 1.807) is 6.07 Å². The summed E-state index contributed by atoms with van der Waals surface area (Å²) in [5.74, 6) is -0.0441. The van der Waals surface area contributed by atoms with Crippen molar-refractivity contribution in [3.8, 4) is 5.75 Å². The summed E-state index contributed by atoms with van der Waals surface area (Å²) in [7, 11) is 1.41. The van der Waals surface area contributed by atoms with Crippen LogP contribution in [-0.2, 0) is 4.79 Å². The molecule has 0 saturated heterocycles. The standard InChI is InChI=1S/C18H21FN2O2/c1-12(2)13-4-6-14(7-5-13)21-18(22)11-20-15-8-9-17(23-3)16(19)10-15/h4-10,12,20H,11H2,1-3H3,(H,21,22). The number of hydrogen-bond donors (Lipinski definition) is 2. The Morgan fingerprint density at radius 1 is 1.13 bits per heavy atom. The first-order valence-electron chi connectivity index (χ1n) is 7.47. The van der Waals surface area contributed by atoms with E-state index in [-0.39, 0.29) is 18.2 Å². The van der Waals surface area contributed by atoms with Crippen LogP contribution in [0.1, 0.15) is 25.3 Å². The van der Waals surface area contributed by atoms with Crippen molar-refractivity contribution in [2.24, 2.45) is 0 Å². The monoisotopic (exact) mass is 316 g/mol. The summed E-state index contributed by atoms with van der Waals surface area (Å²) in [6, 6.07) is 12.2. The molecular weight excluding hydrogens is 295 g/mol. The lowest BCUT2D eigenvalue weighted by molar-refractivity contribution is -0.114. The van der Waals surface area contributed by atoms with Gasteiger partial charge in [0.1, 0.15) is 0 Å². The topological polar surface area (TPSA) is 50.4 Å². The molecule has 5 heteroatoms. The van der Waals surface area contributed by atoms with Gasteiger partial charge in [0.05, 0.1) is 13.7 Å². The number of benzene rings is 2. The molecule has 0 aliphatic carbocycles. The van der Waals surface area contributed by atoms with Gasteiger partial charge in [-0.05, 0) is 35.7 Å². The van der Waals surface area contributed by atoms with Crippen molar-refractivity contribution in [1.29, 1.82) is 0 Å². The smallest absolute Gasteiger partial charge is 0.243 e. The average molecular weight is 316 g/mol. The Kier molecular flexibility index (Phi) is 5.57. The molecule has 0 aliphatic rings. The molecule has 0 saturated carbocycles. The van der Waals surface area contributed by atoms with E-state index < -0.39 is 5.82 Å². The largest absolute Gasteiger partial charge is 0.494 e. The Balaban J connectivity index is 1.88. The summed E-state index contributed by atoms with van der Waals surface area (Å²) in [6.45, 7) is 4.29. The molecule has 0 unspecified atom stereocenters. The van der Waals surface area contributed by atoms with E-state index in [0.717, 1.165) is 5.69 Å². The zero-order chi connectivity index (χ0) is 16.8. The fourth-order valence-corrected chi connectivity index (χ4v) is 2.12. The molecule has 2 aromatic rings. The molecule has 2 aromatic carbocycles. The van der Waals surface area contributed by atoms with Gasteiger partial charge in [0.2, 0.25) is 5.91 Å². The molecule has 23 heavy (non-hydrogen) atoms. The SMILES string of the molecule is COc1ccc(NCC(=O)Nc2ccc(C(C)C)cc2)cc1F. The fraction of sp³-hybridized carbons (Fsp3) is 0.278. The Hall–Kier alpha value is -2.56. The van der Waals surface area contributed by atoms with Crippen LogP contribution in [0.3, 0.4) is 0 Å². The number of carbonyl (C=O) groups excluding carboxylic acids is 1. The molecule has 4 nitrogen and oxygen atoms in total. The molecule has 122 valence electrons. The van der Waals surface area contributed by atoms with Crippen LogP contribution in [0.2, 0.25) is 0 Å². The van der Waals surface area contributed by atoms with Gasteiger partial charge < -0.3 is 15.4 Å². The highest BCUT2D eigenvalue weighted by Gasteiger charge is 2.06. The summed E-state index contributed by atoms with van der Waals surface area (Å²) in [5.41, 5.74) is 2.48. The first-order valence-corrected chi connectivity index (χ1v) is 7.47. The Bertz CT molecular complexity index is 669. The van der Waals surface area contributed by atoms with E-state index in [9.17, 15) is 9.18 Å². The number of rotatable bonds is 6. The van der Waals surface area contributed by atoms with Gasteiger partial charge >= 0.3 is 0 Å². The van der Waals surface area contributed by atoms with E-state index in [4.69, 9.17) is 4.74 Å². The van der Waals surface area contributed by atoms with Gasteiger partial charge in [0, 0.05) is 17.4 Å². The summed E-state index contributed by atoms with van der Waals surface area (Å²) < 4.78 is 18.4. The highest BCUT2D eigenvalue weighted by Crippen LogP contribution is 2.20. The second kappa shape index (κ2) is 7.63.